The fourth-order valence-corrected chi connectivity index (χ4v) is 1.05. The van der Waals surface area contributed by atoms with Gasteiger partial charge in [-0.05, 0) is 24.6 Å². The fourth-order valence-electron chi connectivity index (χ4n) is 1.05. The van der Waals surface area contributed by atoms with E-state index in [0.717, 1.165) is 18.2 Å². The van der Waals surface area contributed by atoms with E-state index < -0.39 is 23.8 Å². The van der Waals surface area contributed by atoms with Crippen LogP contribution in [0.3, 0.4) is 0 Å². The number of amides is 1. The molecule has 2 N–H and O–H groups in total. The Labute approximate surface area is 79.5 Å². The van der Waals surface area contributed by atoms with Gasteiger partial charge in [0.2, 0.25) is 0 Å². The molecule has 1 amide bonds. The van der Waals surface area contributed by atoms with Gasteiger partial charge in [0.1, 0.15) is 17.7 Å². The topological polar surface area (TPSA) is 52.3 Å². The van der Waals surface area contributed by atoms with Crippen LogP contribution in [0, 0.1) is 11.6 Å². The molecular formula is C9H9F2NO2. The molecule has 0 saturated heterocycles. The van der Waals surface area contributed by atoms with Crippen LogP contribution in [0.4, 0.5) is 13.6 Å². The Morgan fingerprint density at radius 1 is 1.36 bits per heavy atom. The van der Waals surface area contributed by atoms with Gasteiger partial charge in [-0.25, -0.2) is 13.6 Å². The lowest BCUT2D eigenvalue weighted by Gasteiger charge is -2.11. The molecule has 5 heteroatoms. The molecule has 0 heterocycles. The summed E-state index contributed by atoms with van der Waals surface area (Å²) in [6.07, 6.45) is -1.75. The molecule has 0 radical (unpaired) electrons. The maximum atomic E-state index is 12.7. The first-order valence-corrected chi connectivity index (χ1v) is 3.91. The predicted octanol–water partition coefficient (Wildman–Crippen LogP) is 2.12. The van der Waals surface area contributed by atoms with Gasteiger partial charge in [0.25, 0.3) is 0 Å². The maximum Gasteiger partial charge on any atom is 0.405 e. The number of hydrogen-bond acceptors (Lipinski definition) is 2. The first-order chi connectivity index (χ1) is 6.49. The molecule has 0 bridgehead atoms. The average molecular weight is 201 g/mol. The Bertz CT molecular complexity index is 334. The maximum absolute atomic E-state index is 12.7. The van der Waals surface area contributed by atoms with E-state index in [9.17, 15) is 13.6 Å². The van der Waals surface area contributed by atoms with Crippen molar-refractivity contribution in [1.82, 2.24) is 0 Å². The van der Waals surface area contributed by atoms with E-state index in [1.165, 1.54) is 6.92 Å². The summed E-state index contributed by atoms with van der Waals surface area (Å²) in [5.41, 5.74) is 4.98. The summed E-state index contributed by atoms with van der Waals surface area (Å²) >= 11 is 0. The van der Waals surface area contributed by atoms with Crippen LogP contribution in [0.15, 0.2) is 18.2 Å². The zero-order valence-electron chi connectivity index (χ0n) is 7.46. The molecule has 1 aromatic rings. The molecule has 0 aliphatic carbocycles. The molecule has 3 nitrogen and oxygen atoms in total. The largest absolute Gasteiger partial charge is 0.442 e. The van der Waals surface area contributed by atoms with E-state index in [4.69, 9.17) is 5.73 Å². The summed E-state index contributed by atoms with van der Waals surface area (Å²) < 4.78 is 30.0. The summed E-state index contributed by atoms with van der Waals surface area (Å²) in [6.45, 7) is 1.47. The quantitative estimate of drug-likeness (QED) is 0.796. The molecule has 1 rings (SSSR count). The smallest absolute Gasteiger partial charge is 0.405 e. The van der Waals surface area contributed by atoms with Crippen LogP contribution >= 0.6 is 0 Å². The number of primary amides is 1. The summed E-state index contributed by atoms with van der Waals surface area (Å²) in [5.74, 6) is -1.44. The summed E-state index contributed by atoms with van der Waals surface area (Å²) in [6, 6.07) is 2.90. The number of rotatable bonds is 2. The van der Waals surface area contributed by atoms with Crippen molar-refractivity contribution < 1.29 is 18.3 Å². The van der Waals surface area contributed by atoms with Crippen LogP contribution in [0.1, 0.15) is 18.6 Å². The Balaban J connectivity index is 2.89. The molecule has 0 aliphatic rings. The van der Waals surface area contributed by atoms with Gasteiger partial charge in [-0.1, -0.05) is 0 Å². The Morgan fingerprint density at radius 2 is 1.86 bits per heavy atom. The van der Waals surface area contributed by atoms with Crippen LogP contribution < -0.4 is 5.73 Å². The van der Waals surface area contributed by atoms with Crippen molar-refractivity contribution in [3.8, 4) is 0 Å². The van der Waals surface area contributed by atoms with Crippen molar-refractivity contribution in [1.29, 1.82) is 0 Å². The third-order valence-corrected chi connectivity index (χ3v) is 1.65. The zero-order valence-corrected chi connectivity index (χ0v) is 7.46. The van der Waals surface area contributed by atoms with E-state index in [2.05, 4.69) is 4.74 Å². The second-order valence-corrected chi connectivity index (χ2v) is 2.78. The van der Waals surface area contributed by atoms with Crippen molar-refractivity contribution in [2.45, 2.75) is 13.0 Å². The molecule has 0 saturated carbocycles. The van der Waals surface area contributed by atoms with Gasteiger partial charge in [-0.2, -0.15) is 0 Å². The van der Waals surface area contributed by atoms with Crippen LogP contribution in [0.25, 0.3) is 0 Å². The average Bonchev–Trinajstić information content (AvgIpc) is 2.00. The number of ether oxygens (including phenoxy) is 1. The van der Waals surface area contributed by atoms with Crippen LogP contribution in [0.2, 0.25) is 0 Å². The zero-order chi connectivity index (χ0) is 10.7. The first kappa shape index (κ1) is 10.4. The number of halogens is 2. The molecule has 1 atom stereocenters. The third-order valence-electron chi connectivity index (χ3n) is 1.65. The van der Waals surface area contributed by atoms with Gasteiger partial charge in [0.05, 0.1) is 0 Å². The van der Waals surface area contributed by atoms with E-state index >= 15 is 0 Å². The van der Waals surface area contributed by atoms with Gasteiger partial charge in [-0.15, -0.1) is 0 Å². The predicted molar refractivity (Wildman–Crippen MR) is 45.4 cm³/mol. The fraction of sp³-hybridized carbons (Fsp3) is 0.222. The lowest BCUT2D eigenvalue weighted by atomic mass is 10.1. The third kappa shape index (κ3) is 2.69. The Kier molecular flexibility index (Phi) is 3.01. The monoisotopic (exact) mass is 201 g/mol. The van der Waals surface area contributed by atoms with E-state index in [1.807, 2.05) is 0 Å². The number of nitrogens with two attached hydrogens (primary N) is 1. The van der Waals surface area contributed by atoms with Crippen molar-refractivity contribution in [2.75, 3.05) is 0 Å². The van der Waals surface area contributed by atoms with Crippen molar-refractivity contribution in [3.05, 3.63) is 35.4 Å². The number of carbonyl (C=O) groups is 1. The number of benzene rings is 1. The minimum atomic E-state index is -0.984. The molecule has 14 heavy (non-hydrogen) atoms. The summed E-state index contributed by atoms with van der Waals surface area (Å²) in [7, 11) is 0. The minimum Gasteiger partial charge on any atom is -0.442 e. The van der Waals surface area contributed by atoms with Gasteiger partial charge in [0.15, 0.2) is 0 Å². The second-order valence-electron chi connectivity index (χ2n) is 2.78. The van der Waals surface area contributed by atoms with Crippen LogP contribution in [-0.4, -0.2) is 6.09 Å². The van der Waals surface area contributed by atoms with Crippen LogP contribution in [-0.2, 0) is 4.74 Å². The standard InChI is InChI=1S/C9H9F2NO2/c1-5(14-9(12)13)6-2-7(10)4-8(11)3-6/h2-5H,1H3,(H2,12,13)/t5-/m0/s1. The van der Waals surface area contributed by atoms with Gasteiger partial charge < -0.3 is 10.5 Å². The SMILES string of the molecule is C[C@H](OC(N)=O)c1cc(F)cc(F)c1. The van der Waals surface area contributed by atoms with Gasteiger partial charge in [0, 0.05) is 6.07 Å². The van der Waals surface area contributed by atoms with Crippen molar-refractivity contribution >= 4 is 6.09 Å². The molecule has 76 valence electrons. The molecular weight excluding hydrogens is 192 g/mol. The Hall–Kier alpha value is -1.65. The van der Waals surface area contributed by atoms with Crippen molar-refractivity contribution in [2.24, 2.45) is 5.73 Å². The molecule has 1 aromatic carbocycles. The highest BCUT2D eigenvalue weighted by molar-refractivity contribution is 5.65. The van der Waals surface area contributed by atoms with Gasteiger partial charge in [-0.3, -0.25) is 0 Å². The second kappa shape index (κ2) is 4.04. The minimum absolute atomic E-state index is 0.223. The number of carbonyl (C=O) groups excluding carboxylic acids is 1. The van der Waals surface area contributed by atoms with E-state index in [1.54, 1.807) is 0 Å². The highest BCUT2D eigenvalue weighted by atomic mass is 19.1. The molecule has 0 aliphatic heterocycles. The summed E-state index contributed by atoms with van der Waals surface area (Å²) in [4.78, 5) is 10.4. The van der Waals surface area contributed by atoms with E-state index in [0.29, 0.717) is 0 Å². The molecule has 0 aromatic heterocycles. The first-order valence-electron chi connectivity index (χ1n) is 3.91. The summed E-state index contributed by atoms with van der Waals surface area (Å²) in [5, 5.41) is 0. The Morgan fingerprint density at radius 3 is 2.29 bits per heavy atom. The highest BCUT2D eigenvalue weighted by Gasteiger charge is 2.11. The lowest BCUT2D eigenvalue weighted by Crippen LogP contribution is -2.15. The van der Waals surface area contributed by atoms with Gasteiger partial charge >= 0.3 is 6.09 Å². The van der Waals surface area contributed by atoms with Crippen molar-refractivity contribution in [3.63, 3.8) is 0 Å². The normalized spacial score (nSPS) is 12.2. The van der Waals surface area contributed by atoms with E-state index in [-0.39, 0.29) is 5.56 Å². The molecule has 0 spiro atoms. The van der Waals surface area contributed by atoms with Crippen LogP contribution in [0.5, 0.6) is 0 Å². The number of hydrogen-bond donors (Lipinski definition) is 1. The highest BCUT2D eigenvalue weighted by Crippen LogP contribution is 2.18. The lowest BCUT2D eigenvalue weighted by molar-refractivity contribution is 0.116. The molecule has 0 unspecified atom stereocenters. The molecule has 0 fully saturated rings.